The summed E-state index contributed by atoms with van der Waals surface area (Å²) in [5, 5.41) is 9.43. The number of aromatic nitrogens is 4. The Morgan fingerprint density at radius 2 is 2.04 bits per heavy atom. The molecule has 0 aliphatic heterocycles. The Balaban J connectivity index is 1.78. The predicted octanol–water partition coefficient (Wildman–Crippen LogP) is 3.19. The average Bonchev–Trinajstić information content (AvgIpc) is 2.90. The Morgan fingerprint density at radius 1 is 1.26 bits per heavy atom. The summed E-state index contributed by atoms with van der Waals surface area (Å²) in [4.78, 5) is 19.6. The number of carbonyl (C=O) groups excluding carboxylic acids is 1. The van der Waals surface area contributed by atoms with Crippen molar-refractivity contribution in [2.24, 2.45) is 5.92 Å². The van der Waals surface area contributed by atoms with Gasteiger partial charge in [-0.25, -0.2) is 4.98 Å². The van der Waals surface area contributed by atoms with Gasteiger partial charge in [-0.1, -0.05) is 43.8 Å². The van der Waals surface area contributed by atoms with Gasteiger partial charge in [-0.2, -0.15) is 0 Å². The van der Waals surface area contributed by atoms with Crippen LogP contribution in [-0.2, 0) is 9.53 Å². The van der Waals surface area contributed by atoms with E-state index in [9.17, 15) is 4.79 Å². The van der Waals surface area contributed by atoms with E-state index in [0.29, 0.717) is 23.3 Å². The molecule has 0 aliphatic carbocycles. The molecule has 1 N–H and O–H groups in total. The summed E-state index contributed by atoms with van der Waals surface area (Å²) in [5.41, 5.74) is 2.38. The normalized spacial score (nSPS) is 12.9. The zero-order valence-corrected chi connectivity index (χ0v) is 14.1. The van der Waals surface area contributed by atoms with Gasteiger partial charge in [0.25, 0.3) is 0 Å². The third kappa shape index (κ3) is 3.44. The molecule has 1 aromatic carbocycles. The van der Waals surface area contributed by atoms with Crippen molar-refractivity contribution >= 4 is 39.8 Å². The summed E-state index contributed by atoms with van der Waals surface area (Å²) in [7, 11) is 0. The van der Waals surface area contributed by atoms with E-state index < -0.39 is 0 Å². The highest BCUT2D eigenvalue weighted by Crippen LogP contribution is 2.25. The molecule has 23 heavy (non-hydrogen) atoms. The van der Waals surface area contributed by atoms with Gasteiger partial charge in [0.05, 0.1) is 6.61 Å². The predicted molar refractivity (Wildman–Crippen MR) is 90.3 cm³/mol. The van der Waals surface area contributed by atoms with Crippen molar-refractivity contribution in [1.82, 2.24) is 20.2 Å². The lowest BCUT2D eigenvalue weighted by atomic mass is 10.2. The molecule has 2 heterocycles. The van der Waals surface area contributed by atoms with Crippen molar-refractivity contribution in [1.29, 1.82) is 0 Å². The lowest BCUT2D eigenvalue weighted by Crippen LogP contribution is -2.19. The first-order valence-corrected chi connectivity index (χ1v) is 8.37. The maximum Gasteiger partial charge on any atom is 0.319 e. The molecule has 0 bridgehead atoms. The van der Waals surface area contributed by atoms with Gasteiger partial charge in [0, 0.05) is 10.9 Å². The summed E-state index contributed by atoms with van der Waals surface area (Å²) in [6, 6.07) is 7.85. The molecule has 0 fully saturated rings. The molecule has 0 aliphatic rings. The van der Waals surface area contributed by atoms with E-state index in [1.165, 1.54) is 11.8 Å². The molecule has 0 amide bonds. The van der Waals surface area contributed by atoms with Crippen molar-refractivity contribution in [2.75, 3.05) is 6.61 Å². The lowest BCUT2D eigenvalue weighted by molar-refractivity contribution is -0.143. The summed E-state index contributed by atoms with van der Waals surface area (Å²) in [6.07, 6.45) is 0. The van der Waals surface area contributed by atoms with Gasteiger partial charge in [0.15, 0.2) is 5.65 Å². The zero-order chi connectivity index (χ0) is 16.4. The van der Waals surface area contributed by atoms with Crippen LogP contribution in [-0.4, -0.2) is 38.0 Å². The fraction of sp³-hybridized carbons (Fsp3) is 0.375. The number of fused-ring (bicyclic) bond motifs is 3. The van der Waals surface area contributed by atoms with Crippen molar-refractivity contribution in [3.05, 3.63) is 24.3 Å². The van der Waals surface area contributed by atoms with Crippen LogP contribution in [0.2, 0.25) is 0 Å². The van der Waals surface area contributed by atoms with Crippen molar-refractivity contribution in [2.45, 2.75) is 31.2 Å². The molecular formula is C16H18N4O2S. The number of hydrogen-bond donors (Lipinski definition) is 1. The van der Waals surface area contributed by atoms with Crippen molar-refractivity contribution in [3.8, 4) is 0 Å². The van der Waals surface area contributed by atoms with Gasteiger partial charge in [-0.05, 0) is 18.9 Å². The third-order valence-corrected chi connectivity index (χ3v) is 4.21. The Hall–Kier alpha value is -2.15. The number of H-pyrrole nitrogens is 1. The number of rotatable bonds is 5. The summed E-state index contributed by atoms with van der Waals surface area (Å²) in [6.45, 7) is 6.21. The van der Waals surface area contributed by atoms with Crippen LogP contribution in [0.4, 0.5) is 0 Å². The first kappa shape index (κ1) is 15.7. The molecule has 1 unspecified atom stereocenters. The minimum absolute atomic E-state index is 0.260. The molecule has 1 atom stereocenters. The highest BCUT2D eigenvalue weighted by Gasteiger charge is 2.19. The maximum atomic E-state index is 11.9. The first-order valence-electron chi connectivity index (χ1n) is 7.49. The fourth-order valence-electron chi connectivity index (χ4n) is 2.13. The standard InChI is InChI=1S/C16H18N4O2S/c1-9(2)8-22-15(21)10(3)23-16-18-14-13(19-20-16)11-6-4-5-7-12(11)17-14/h4-7,9-10H,8H2,1-3H3,(H,17,18,20). The van der Waals surface area contributed by atoms with Crippen LogP contribution in [0.25, 0.3) is 22.1 Å². The van der Waals surface area contributed by atoms with Crippen molar-refractivity contribution in [3.63, 3.8) is 0 Å². The maximum absolute atomic E-state index is 11.9. The molecule has 0 radical (unpaired) electrons. The van der Waals surface area contributed by atoms with E-state index in [4.69, 9.17) is 4.74 Å². The van der Waals surface area contributed by atoms with Crippen molar-refractivity contribution < 1.29 is 9.53 Å². The molecule has 3 rings (SSSR count). The van der Waals surface area contributed by atoms with Gasteiger partial charge in [0.2, 0.25) is 5.16 Å². The van der Waals surface area contributed by atoms with E-state index in [1.54, 1.807) is 6.92 Å². The van der Waals surface area contributed by atoms with Gasteiger partial charge in [0.1, 0.15) is 10.8 Å². The number of ether oxygens (including phenoxy) is 1. The van der Waals surface area contributed by atoms with E-state index in [1.807, 2.05) is 38.1 Å². The fourth-order valence-corrected chi connectivity index (χ4v) is 2.84. The van der Waals surface area contributed by atoms with Crippen LogP contribution in [0.3, 0.4) is 0 Å². The molecule has 0 saturated carbocycles. The van der Waals surface area contributed by atoms with Crippen LogP contribution in [0.15, 0.2) is 29.4 Å². The first-order chi connectivity index (χ1) is 11.0. The minimum Gasteiger partial charge on any atom is -0.465 e. The van der Waals surface area contributed by atoms with Crippen LogP contribution >= 0.6 is 11.8 Å². The van der Waals surface area contributed by atoms with Crippen LogP contribution in [0.1, 0.15) is 20.8 Å². The number of hydrogen-bond acceptors (Lipinski definition) is 6. The molecule has 2 aromatic heterocycles. The number of nitrogens with zero attached hydrogens (tertiary/aromatic N) is 3. The number of benzene rings is 1. The van der Waals surface area contributed by atoms with Gasteiger partial charge in [-0.15, -0.1) is 10.2 Å². The summed E-state index contributed by atoms with van der Waals surface area (Å²) < 4.78 is 5.23. The number of nitrogens with one attached hydrogen (secondary N) is 1. The second kappa shape index (κ2) is 6.54. The van der Waals surface area contributed by atoms with E-state index in [-0.39, 0.29) is 11.2 Å². The number of esters is 1. The number of aromatic amines is 1. The third-order valence-electron chi connectivity index (χ3n) is 3.28. The van der Waals surface area contributed by atoms with Gasteiger partial charge >= 0.3 is 5.97 Å². The SMILES string of the molecule is CC(C)COC(=O)C(C)Sc1nnc2c(n1)[nH]c1ccccc12. The topological polar surface area (TPSA) is 80.8 Å². The van der Waals surface area contributed by atoms with E-state index in [2.05, 4.69) is 20.2 Å². The molecule has 120 valence electrons. The smallest absolute Gasteiger partial charge is 0.319 e. The summed E-state index contributed by atoms with van der Waals surface area (Å²) >= 11 is 1.25. The van der Waals surface area contributed by atoms with Crippen LogP contribution in [0, 0.1) is 5.92 Å². The van der Waals surface area contributed by atoms with E-state index >= 15 is 0 Å². The molecule has 3 aromatic rings. The van der Waals surface area contributed by atoms with Crippen LogP contribution < -0.4 is 0 Å². The second-order valence-corrected chi connectivity index (χ2v) is 7.05. The largest absolute Gasteiger partial charge is 0.465 e. The monoisotopic (exact) mass is 330 g/mol. The second-order valence-electron chi connectivity index (χ2n) is 5.75. The lowest BCUT2D eigenvalue weighted by Gasteiger charge is -2.11. The Bertz CT molecular complexity index is 846. The molecular weight excluding hydrogens is 312 g/mol. The Kier molecular flexibility index (Phi) is 4.47. The Morgan fingerprint density at radius 3 is 2.83 bits per heavy atom. The molecule has 6 nitrogen and oxygen atoms in total. The minimum atomic E-state index is -0.377. The average molecular weight is 330 g/mol. The number of para-hydroxylation sites is 1. The van der Waals surface area contributed by atoms with E-state index in [0.717, 1.165) is 16.4 Å². The van der Waals surface area contributed by atoms with Gasteiger partial charge < -0.3 is 9.72 Å². The van der Waals surface area contributed by atoms with Gasteiger partial charge in [-0.3, -0.25) is 4.79 Å². The number of thioether (sulfide) groups is 1. The number of carbonyl (C=O) groups is 1. The van der Waals surface area contributed by atoms with Crippen LogP contribution in [0.5, 0.6) is 0 Å². The zero-order valence-electron chi connectivity index (χ0n) is 13.2. The molecule has 0 saturated heterocycles. The quantitative estimate of drug-likeness (QED) is 0.571. The highest BCUT2D eigenvalue weighted by atomic mass is 32.2. The molecule has 7 heteroatoms. The summed E-state index contributed by atoms with van der Waals surface area (Å²) in [5.74, 6) is 0.0563. The highest BCUT2D eigenvalue weighted by molar-refractivity contribution is 8.00. The molecule has 0 spiro atoms. The Labute approximate surface area is 138 Å².